The summed E-state index contributed by atoms with van der Waals surface area (Å²) in [6.07, 6.45) is 12.3. The molecule has 0 unspecified atom stereocenters. The average molecular weight is 596 g/mol. The summed E-state index contributed by atoms with van der Waals surface area (Å²) in [5.74, 6) is 0. The summed E-state index contributed by atoms with van der Waals surface area (Å²) in [4.78, 5) is 5.20. The summed E-state index contributed by atoms with van der Waals surface area (Å²) in [6.45, 7) is 5.16. The van der Waals surface area contributed by atoms with E-state index in [0.29, 0.717) is 6.67 Å². The number of aromatic nitrogens is 1. The fourth-order valence-electron chi connectivity index (χ4n) is 7.45. The van der Waals surface area contributed by atoms with Gasteiger partial charge in [-0.15, -0.1) is 0 Å². The van der Waals surface area contributed by atoms with Crippen LogP contribution in [0.15, 0.2) is 145 Å². The first kappa shape index (κ1) is 28.1. The van der Waals surface area contributed by atoms with Crippen LogP contribution in [0.5, 0.6) is 0 Å². The predicted molar refractivity (Wildman–Crippen MR) is 195 cm³/mol. The van der Waals surface area contributed by atoms with Crippen LogP contribution in [-0.4, -0.2) is 10.3 Å². The maximum atomic E-state index is 5.99. The van der Waals surface area contributed by atoms with E-state index in [1.54, 1.807) is 6.20 Å². The number of hydrogen-bond donors (Lipinski definition) is 1. The van der Waals surface area contributed by atoms with Crippen LogP contribution in [0.2, 0.25) is 0 Å². The Hall–Kier alpha value is -5.41. The number of para-hydroxylation sites is 1. The Morgan fingerprint density at radius 3 is 2.39 bits per heavy atom. The van der Waals surface area contributed by atoms with Crippen molar-refractivity contribution in [3.63, 3.8) is 0 Å². The third kappa shape index (κ3) is 4.62. The van der Waals surface area contributed by atoms with Crippen molar-refractivity contribution in [2.45, 2.75) is 38.8 Å². The Morgan fingerprint density at radius 2 is 1.57 bits per heavy atom. The fourth-order valence-corrected chi connectivity index (χ4v) is 7.45. The first-order valence-electron chi connectivity index (χ1n) is 16.2. The molecule has 2 N–H and O–H groups in total. The molecule has 46 heavy (non-hydrogen) atoms. The van der Waals surface area contributed by atoms with E-state index in [-0.39, 0.29) is 5.41 Å². The Bertz CT molecular complexity index is 2250. The second-order valence-corrected chi connectivity index (χ2v) is 12.9. The van der Waals surface area contributed by atoms with Gasteiger partial charge in [0, 0.05) is 21.8 Å². The predicted octanol–water partition coefficient (Wildman–Crippen LogP) is 10.4. The molecule has 224 valence electrons. The monoisotopic (exact) mass is 595 g/mol. The van der Waals surface area contributed by atoms with Crippen LogP contribution in [0.3, 0.4) is 0 Å². The molecule has 2 aliphatic carbocycles. The van der Waals surface area contributed by atoms with E-state index in [4.69, 9.17) is 10.7 Å². The molecule has 0 saturated carbocycles. The van der Waals surface area contributed by atoms with Crippen LogP contribution in [-0.2, 0) is 12.1 Å². The van der Waals surface area contributed by atoms with Crippen molar-refractivity contribution in [3.05, 3.63) is 162 Å². The number of allylic oxidation sites excluding steroid dienone is 5. The van der Waals surface area contributed by atoms with Gasteiger partial charge in [-0.05, 0) is 93.9 Å². The van der Waals surface area contributed by atoms with Gasteiger partial charge in [0.15, 0.2) is 0 Å². The summed E-state index contributed by atoms with van der Waals surface area (Å²) in [7, 11) is 0. The van der Waals surface area contributed by atoms with Gasteiger partial charge in [0.25, 0.3) is 0 Å². The average Bonchev–Trinajstić information content (AvgIpc) is 3.54. The minimum absolute atomic E-state index is 0.0683. The molecule has 3 nitrogen and oxygen atoms in total. The smallest absolute Gasteiger partial charge is 0.115 e. The number of hydrogen-bond acceptors (Lipinski definition) is 2. The Labute approximate surface area is 270 Å². The molecule has 0 atom stereocenters. The topological polar surface area (TPSA) is 43.3 Å². The number of nitrogens with zero attached hydrogens (tertiary/aromatic N) is 2. The van der Waals surface area contributed by atoms with Crippen LogP contribution in [0.4, 0.5) is 0 Å². The first-order valence-corrected chi connectivity index (χ1v) is 16.2. The van der Waals surface area contributed by atoms with Crippen molar-refractivity contribution in [1.82, 2.24) is 4.57 Å². The first-order chi connectivity index (χ1) is 22.5. The molecule has 1 heterocycles. The second kappa shape index (κ2) is 11.2. The number of nitrogens with two attached hydrogens (primary N) is 1. The summed E-state index contributed by atoms with van der Waals surface area (Å²) >= 11 is 0. The zero-order chi connectivity index (χ0) is 31.3. The minimum atomic E-state index is -0.0683. The molecule has 0 saturated heterocycles. The van der Waals surface area contributed by atoms with Crippen molar-refractivity contribution in [2.75, 3.05) is 0 Å². The van der Waals surface area contributed by atoms with Crippen LogP contribution in [0.1, 0.15) is 48.9 Å². The standard InChI is InChI=1S/C43H37N3/c1-43(2)38-17-8-6-15-34(38)36-26-37-35-16-7-9-18-41(35)46(42(37)27-39(36)43)28-45-40(23-24-44)33-14-10-13-32(25-33)31-21-19-30(20-22-31)29-11-4-3-5-12-29/h3-4,6-11,13-27H,5,12,28,44H2,1-2H3/b24-23-,45-40+. The molecule has 0 radical (unpaired) electrons. The number of aliphatic imine (C=N–C) groups is 1. The van der Waals surface area contributed by atoms with Crippen molar-refractivity contribution in [1.29, 1.82) is 0 Å². The molecule has 8 rings (SSSR count). The lowest BCUT2D eigenvalue weighted by molar-refractivity contribution is 0.660. The number of benzene rings is 5. The lowest BCUT2D eigenvalue weighted by Gasteiger charge is -2.21. The van der Waals surface area contributed by atoms with Crippen molar-refractivity contribution in [2.24, 2.45) is 10.7 Å². The van der Waals surface area contributed by atoms with Gasteiger partial charge in [0.2, 0.25) is 0 Å². The Kier molecular flexibility index (Phi) is 6.83. The van der Waals surface area contributed by atoms with E-state index in [1.807, 2.05) is 6.08 Å². The number of rotatable bonds is 6. The minimum Gasteiger partial charge on any atom is -0.405 e. The molecule has 1 aromatic heterocycles. The van der Waals surface area contributed by atoms with Gasteiger partial charge < -0.3 is 10.3 Å². The summed E-state index contributed by atoms with van der Waals surface area (Å²) in [6, 6.07) is 39.9. The highest BCUT2D eigenvalue weighted by molar-refractivity contribution is 6.11. The molecule has 0 amide bonds. The largest absolute Gasteiger partial charge is 0.405 e. The number of fused-ring (bicyclic) bond motifs is 6. The summed E-state index contributed by atoms with van der Waals surface area (Å²) in [5.41, 5.74) is 20.7. The molecule has 3 heteroatoms. The van der Waals surface area contributed by atoms with E-state index in [9.17, 15) is 0 Å². The van der Waals surface area contributed by atoms with Gasteiger partial charge in [-0.25, -0.2) is 0 Å². The van der Waals surface area contributed by atoms with Gasteiger partial charge in [0.1, 0.15) is 6.67 Å². The van der Waals surface area contributed by atoms with Gasteiger partial charge in [-0.3, -0.25) is 4.99 Å². The van der Waals surface area contributed by atoms with E-state index < -0.39 is 0 Å². The molecule has 2 aliphatic rings. The van der Waals surface area contributed by atoms with E-state index >= 15 is 0 Å². The van der Waals surface area contributed by atoms with Gasteiger partial charge in [-0.1, -0.05) is 117 Å². The molecule has 0 fully saturated rings. The van der Waals surface area contributed by atoms with Crippen molar-refractivity contribution >= 4 is 33.1 Å². The van der Waals surface area contributed by atoms with Crippen LogP contribution < -0.4 is 5.73 Å². The zero-order valence-electron chi connectivity index (χ0n) is 26.4. The Morgan fingerprint density at radius 1 is 0.761 bits per heavy atom. The van der Waals surface area contributed by atoms with Gasteiger partial charge in [-0.2, -0.15) is 0 Å². The normalized spacial score (nSPS) is 15.4. The molecule has 5 aromatic carbocycles. The lowest BCUT2D eigenvalue weighted by atomic mass is 9.82. The SMILES string of the molecule is CC1(C)c2ccccc2-c2cc3c4ccccc4n(C/N=C(\C=C/N)c4cccc(-c5ccc(C6=CC=CCC6)cc5)c4)c3cc21. The Balaban J connectivity index is 1.18. The molecule has 0 aliphatic heterocycles. The second-order valence-electron chi connectivity index (χ2n) is 12.9. The highest BCUT2D eigenvalue weighted by Gasteiger charge is 2.36. The highest BCUT2D eigenvalue weighted by Crippen LogP contribution is 2.50. The quantitative estimate of drug-likeness (QED) is 0.191. The molecule has 6 aromatic rings. The van der Waals surface area contributed by atoms with Crippen LogP contribution in [0, 0.1) is 0 Å². The molecular formula is C43H37N3. The van der Waals surface area contributed by atoms with Crippen LogP contribution in [0.25, 0.3) is 49.6 Å². The molecular weight excluding hydrogens is 558 g/mol. The van der Waals surface area contributed by atoms with Gasteiger partial charge in [0.05, 0.1) is 16.7 Å². The zero-order valence-corrected chi connectivity index (χ0v) is 26.4. The van der Waals surface area contributed by atoms with Crippen molar-refractivity contribution < 1.29 is 0 Å². The van der Waals surface area contributed by atoms with Crippen molar-refractivity contribution in [3.8, 4) is 22.3 Å². The van der Waals surface area contributed by atoms with Gasteiger partial charge >= 0.3 is 0 Å². The highest BCUT2D eigenvalue weighted by atomic mass is 15.1. The molecule has 0 bridgehead atoms. The van der Waals surface area contributed by atoms with E-state index in [0.717, 1.165) is 29.7 Å². The van der Waals surface area contributed by atoms with E-state index in [1.165, 1.54) is 60.8 Å². The van der Waals surface area contributed by atoms with E-state index in [2.05, 4.69) is 146 Å². The summed E-state index contributed by atoms with van der Waals surface area (Å²) in [5, 5.41) is 2.51. The maximum absolute atomic E-state index is 5.99. The summed E-state index contributed by atoms with van der Waals surface area (Å²) < 4.78 is 2.35. The fraction of sp³-hybridized carbons (Fsp3) is 0.140. The third-order valence-corrected chi connectivity index (χ3v) is 9.87. The molecule has 0 spiro atoms. The van der Waals surface area contributed by atoms with Crippen LogP contribution >= 0.6 is 0 Å². The third-order valence-electron chi connectivity index (χ3n) is 9.87. The lowest BCUT2D eigenvalue weighted by Crippen LogP contribution is -2.15. The maximum Gasteiger partial charge on any atom is 0.115 e.